The number of carbonyl (C=O) groups is 1. The minimum Gasteiger partial charge on any atom is -0.481 e. The van der Waals surface area contributed by atoms with Crippen molar-refractivity contribution in [1.82, 2.24) is 0 Å². The zero-order valence-electron chi connectivity index (χ0n) is 12.3. The van der Waals surface area contributed by atoms with Gasteiger partial charge >= 0.3 is 5.97 Å². The van der Waals surface area contributed by atoms with E-state index in [1.54, 1.807) is 12.1 Å². The Labute approximate surface area is 129 Å². The third kappa shape index (κ3) is 3.10. The van der Waals surface area contributed by atoms with Crippen LogP contribution in [0.1, 0.15) is 32.3 Å². The van der Waals surface area contributed by atoms with Crippen LogP contribution in [0.15, 0.2) is 40.2 Å². The summed E-state index contributed by atoms with van der Waals surface area (Å²) < 4.78 is 31.8. The standard InChI is InChI=1S/C15H17NO5S/c1-10-15(2,8-4-3-5-14(17)18)12-9-11(22(19,20)21)6-7-13(12)16-10/h4,6-9H,3,5H2,1-2H3,(H,17,18)(H,19,20,21)/b8-4-. The second kappa shape index (κ2) is 5.66. The summed E-state index contributed by atoms with van der Waals surface area (Å²) in [5.41, 5.74) is 1.48. The summed E-state index contributed by atoms with van der Waals surface area (Å²) >= 11 is 0. The summed E-state index contributed by atoms with van der Waals surface area (Å²) in [4.78, 5) is 14.8. The van der Waals surface area contributed by atoms with E-state index in [-0.39, 0.29) is 11.3 Å². The number of fused-ring (bicyclic) bond motifs is 1. The fraction of sp³-hybridized carbons (Fsp3) is 0.333. The molecule has 1 aliphatic rings. The number of carboxylic acids is 1. The highest BCUT2D eigenvalue weighted by Gasteiger charge is 2.35. The van der Waals surface area contributed by atoms with Crippen LogP contribution in [0, 0.1) is 0 Å². The van der Waals surface area contributed by atoms with Crippen LogP contribution in [0.3, 0.4) is 0 Å². The van der Waals surface area contributed by atoms with Crippen LogP contribution < -0.4 is 0 Å². The molecular formula is C15H17NO5S. The first kappa shape index (κ1) is 16.4. The maximum absolute atomic E-state index is 11.3. The highest BCUT2D eigenvalue weighted by molar-refractivity contribution is 7.85. The van der Waals surface area contributed by atoms with Crippen molar-refractivity contribution in [1.29, 1.82) is 0 Å². The van der Waals surface area contributed by atoms with Crippen molar-refractivity contribution in [3.63, 3.8) is 0 Å². The SMILES string of the molecule is CC1=Nc2ccc(S(=O)(=O)O)cc2C1(C)/C=C\CCC(=O)O. The highest BCUT2D eigenvalue weighted by atomic mass is 32.2. The molecule has 0 saturated carbocycles. The number of benzene rings is 1. The first-order valence-corrected chi connectivity index (χ1v) is 8.16. The molecule has 1 aliphatic heterocycles. The van der Waals surface area contributed by atoms with Gasteiger partial charge in [0.15, 0.2) is 0 Å². The Morgan fingerprint density at radius 3 is 2.68 bits per heavy atom. The minimum absolute atomic E-state index is 0.0285. The molecule has 1 aromatic carbocycles. The molecule has 6 nitrogen and oxygen atoms in total. The van der Waals surface area contributed by atoms with E-state index in [9.17, 15) is 17.8 Å². The van der Waals surface area contributed by atoms with Crippen LogP contribution in [0.2, 0.25) is 0 Å². The average Bonchev–Trinajstić information content (AvgIpc) is 2.66. The normalized spacial score (nSPS) is 21.0. The zero-order valence-corrected chi connectivity index (χ0v) is 13.1. The molecule has 1 heterocycles. The van der Waals surface area contributed by atoms with Crippen LogP contribution in [0.4, 0.5) is 5.69 Å². The van der Waals surface area contributed by atoms with Gasteiger partial charge in [-0.3, -0.25) is 14.3 Å². The first-order valence-electron chi connectivity index (χ1n) is 6.72. The maximum atomic E-state index is 11.3. The summed E-state index contributed by atoms with van der Waals surface area (Å²) in [6, 6.07) is 4.27. The topological polar surface area (TPSA) is 104 Å². The molecule has 0 spiro atoms. The highest BCUT2D eigenvalue weighted by Crippen LogP contribution is 2.42. The molecule has 0 saturated heterocycles. The Balaban J connectivity index is 2.39. The van der Waals surface area contributed by atoms with Crippen LogP contribution in [0.5, 0.6) is 0 Å². The number of allylic oxidation sites excluding steroid dienone is 2. The fourth-order valence-electron chi connectivity index (χ4n) is 2.42. The summed E-state index contributed by atoms with van der Waals surface area (Å²) in [7, 11) is -4.28. The van der Waals surface area contributed by atoms with Crippen molar-refractivity contribution < 1.29 is 22.9 Å². The monoisotopic (exact) mass is 323 g/mol. The quantitative estimate of drug-likeness (QED) is 0.640. The summed E-state index contributed by atoms with van der Waals surface area (Å²) in [6.07, 6.45) is 3.99. The molecule has 7 heteroatoms. The number of aliphatic carboxylic acids is 1. The average molecular weight is 323 g/mol. The van der Waals surface area contributed by atoms with E-state index in [1.807, 2.05) is 19.9 Å². The van der Waals surface area contributed by atoms with Gasteiger partial charge < -0.3 is 5.11 Å². The smallest absolute Gasteiger partial charge is 0.303 e. The lowest BCUT2D eigenvalue weighted by Crippen LogP contribution is -2.25. The van der Waals surface area contributed by atoms with Crippen LogP contribution >= 0.6 is 0 Å². The number of nitrogens with zero attached hydrogens (tertiary/aromatic N) is 1. The van der Waals surface area contributed by atoms with Gasteiger partial charge in [0, 0.05) is 12.1 Å². The Bertz CT molecular complexity index is 779. The summed E-state index contributed by atoms with van der Waals surface area (Å²) in [6.45, 7) is 3.71. The number of hydrogen-bond acceptors (Lipinski definition) is 4. The number of aliphatic imine (C=N–C) groups is 1. The van der Waals surface area contributed by atoms with Crippen molar-refractivity contribution >= 4 is 27.5 Å². The first-order chi connectivity index (χ1) is 10.1. The van der Waals surface area contributed by atoms with E-state index >= 15 is 0 Å². The Hall–Kier alpha value is -1.99. The molecule has 22 heavy (non-hydrogen) atoms. The molecule has 118 valence electrons. The lowest BCUT2D eigenvalue weighted by Gasteiger charge is -2.22. The molecule has 0 radical (unpaired) electrons. The Morgan fingerprint density at radius 2 is 2.09 bits per heavy atom. The molecule has 0 aromatic heterocycles. The molecule has 0 fully saturated rings. The minimum atomic E-state index is -4.28. The van der Waals surface area contributed by atoms with E-state index < -0.39 is 21.5 Å². The van der Waals surface area contributed by atoms with E-state index in [1.165, 1.54) is 12.1 Å². The van der Waals surface area contributed by atoms with Gasteiger partial charge in [0.2, 0.25) is 0 Å². The van der Waals surface area contributed by atoms with Gasteiger partial charge in [0.05, 0.1) is 16.0 Å². The number of rotatable bonds is 5. The largest absolute Gasteiger partial charge is 0.481 e. The van der Waals surface area contributed by atoms with Crippen LogP contribution in [-0.4, -0.2) is 29.8 Å². The van der Waals surface area contributed by atoms with Crippen molar-refractivity contribution in [3.05, 3.63) is 35.9 Å². The van der Waals surface area contributed by atoms with E-state index in [4.69, 9.17) is 5.11 Å². The van der Waals surface area contributed by atoms with Crippen LogP contribution in [0.25, 0.3) is 0 Å². The predicted molar refractivity (Wildman–Crippen MR) is 82.4 cm³/mol. The molecule has 1 unspecified atom stereocenters. The molecule has 0 amide bonds. The van der Waals surface area contributed by atoms with Gasteiger partial charge in [-0.05, 0) is 44.0 Å². The van der Waals surface area contributed by atoms with Gasteiger partial charge in [-0.1, -0.05) is 12.2 Å². The molecule has 1 atom stereocenters. The lowest BCUT2D eigenvalue weighted by atomic mass is 9.79. The third-order valence-corrected chi connectivity index (χ3v) is 4.69. The zero-order chi connectivity index (χ0) is 16.5. The number of hydrogen-bond donors (Lipinski definition) is 2. The lowest BCUT2D eigenvalue weighted by molar-refractivity contribution is -0.136. The van der Waals surface area contributed by atoms with Crippen molar-refractivity contribution in [2.24, 2.45) is 4.99 Å². The van der Waals surface area contributed by atoms with Gasteiger partial charge in [-0.2, -0.15) is 8.42 Å². The Kier molecular flexibility index (Phi) is 4.21. The third-order valence-electron chi connectivity index (χ3n) is 3.84. The number of carboxylic acid groups (broad SMARTS) is 1. The second-order valence-corrected chi connectivity index (χ2v) is 6.81. The van der Waals surface area contributed by atoms with Crippen molar-refractivity contribution in [2.45, 2.75) is 37.0 Å². The predicted octanol–water partition coefficient (Wildman–Crippen LogP) is 2.72. The van der Waals surface area contributed by atoms with Crippen molar-refractivity contribution in [2.75, 3.05) is 0 Å². The summed E-state index contributed by atoms with van der Waals surface area (Å²) in [5.74, 6) is -0.874. The molecule has 2 N–H and O–H groups in total. The molecular weight excluding hydrogens is 306 g/mol. The van der Waals surface area contributed by atoms with E-state index in [2.05, 4.69) is 4.99 Å². The van der Waals surface area contributed by atoms with Gasteiger partial charge in [0.25, 0.3) is 10.1 Å². The summed E-state index contributed by atoms with van der Waals surface area (Å²) in [5, 5.41) is 8.65. The van der Waals surface area contributed by atoms with Crippen LogP contribution in [-0.2, 0) is 20.3 Å². The van der Waals surface area contributed by atoms with Crippen molar-refractivity contribution in [3.8, 4) is 0 Å². The fourth-order valence-corrected chi connectivity index (χ4v) is 2.92. The Morgan fingerprint density at radius 1 is 1.41 bits per heavy atom. The van der Waals surface area contributed by atoms with Gasteiger partial charge in [-0.15, -0.1) is 0 Å². The molecule has 0 aliphatic carbocycles. The van der Waals surface area contributed by atoms with Gasteiger partial charge in [-0.25, -0.2) is 0 Å². The molecule has 0 bridgehead atoms. The van der Waals surface area contributed by atoms with E-state index in [0.29, 0.717) is 17.7 Å². The molecule has 2 rings (SSSR count). The van der Waals surface area contributed by atoms with Gasteiger partial charge in [0.1, 0.15) is 0 Å². The molecule has 1 aromatic rings. The second-order valence-electron chi connectivity index (χ2n) is 5.39. The van der Waals surface area contributed by atoms with E-state index in [0.717, 1.165) is 5.71 Å². The maximum Gasteiger partial charge on any atom is 0.303 e.